The number of carbonyl (C=O) groups is 1. The van der Waals surface area contributed by atoms with Crippen molar-refractivity contribution in [3.63, 3.8) is 0 Å². The third kappa shape index (κ3) is 2.90. The van der Waals surface area contributed by atoms with Crippen LogP contribution < -0.4 is 11.1 Å². The predicted molar refractivity (Wildman–Crippen MR) is 69.9 cm³/mol. The van der Waals surface area contributed by atoms with E-state index in [-0.39, 0.29) is 22.5 Å². The summed E-state index contributed by atoms with van der Waals surface area (Å²) in [5, 5.41) is 11.1. The van der Waals surface area contributed by atoms with Crippen LogP contribution in [0.1, 0.15) is 15.9 Å². The molecule has 0 aliphatic rings. The Balaban J connectivity index is 2.26. The Bertz CT molecular complexity index is 703. The van der Waals surface area contributed by atoms with Crippen molar-refractivity contribution in [2.75, 3.05) is 11.1 Å². The first kappa shape index (κ1) is 13.5. The van der Waals surface area contributed by atoms with Gasteiger partial charge in [0.1, 0.15) is 17.7 Å². The predicted octanol–water partition coefficient (Wildman–Crippen LogP) is 2.67. The van der Waals surface area contributed by atoms with Gasteiger partial charge in [0, 0.05) is 16.9 Å². The lowest BCUT2D eigenvalue weighted by Crippen LogP contribution is -2.12. The Hall–Kier alpha value is -2.94. The van der Waals surface area contributed by atoms with E-state index in [1.54, 1.807) is 6.07 Å². The van der Waals surface area contributed by atoms with Gasteiger partial charge in [-0.15, -0.1) is 0 Å². The van der Waals surface area contributed by atoms with Gasteiger partial charge in [-0.2, -0.15) is 5.26 Å². The molecule has 4 nitrogen and oxygen atoms in total. The highest BCUT2D eigenvalue weighted by Gasteiger charge is 2.10. The van der Waals surface area contributed by atoms with E-state index in [4.69, 9.17) is 11.0 Å². The molecule has 1 amide bonds. The highest BCUT2D eigenvalue weighted by Crippen LogP contribution is 2.16. The van der Waals surface area contributed by atoms with Gasteiger partial charge in [0.25, 0.3) is 5.91 Å². The van der Waals surface area contributed by atoms with E-state index in [1.165, 1.54) is 18.2 Å². The zero-order valence-electron chi connectivity index (χ0n) is 10.2. The van der Waals surface area contributed by atoms with Gasteiger partial charge in [0.05, 0.1) is 5.56 Å². The first-order valence-corrected chi connectivity index (χ1v) is 5.56. The van der Waals surface area contributed by atoms with Crippen LogP contribution in [-0.2, 0) is 0 Å². The summed E-state index contributed by atoms with van der Waals surface area (Å²) in [7, 11) is 0. The number of benzene rings is 2. The van der Waals surface area contributed by atoms with Crippen molar-refractivity contribution < 1.29 is 13.6 Å². The number of anilines is 2. The molecule has 20 heavy (non-hydrogen) atoms. The van der Waals surface area contributed by atoms with Gasteiger partial charge >= 0.3 is 0 Å². The van der Waals surface area contributed by atoms with E-state index < -0.39 is 17.5 Å². The van der Waals surface area contributed by atoms with E-state index in [2.05, 4.69) is 5.32 Å². The fraction of sp³-hybridized carbons (Fsp3) is 0. The molecule has 0 aromatic heterocycles. The molecule has 0 aliphatic heterocycles. The standard InChI is InChI=1S/C14H9F2N3O/c15-10-3-8(4-11(18)6-10)14(20)19-12-1-2-13(16)9(5-12)7-17/h1-6H,18H2,(H,19,20). The van der Waals surface area contributed by atoms with E-state index >= 15 is 0 Å². The van der Waals surface area contributed by atoms with Crippen molar-refractivity contribution in [1.82, 2.24) is 0 Å². The van der Waals surface area contributed by atoms with Crippen LogP contribution in [0.15, 0.2) is 36.4 Å². The summed E-state index contributed by atoms with van der Waals surface area (Å²) >= 11 is 0. The molecular formula is C14H9F2N3O. The van der Waals surface area contributed by atoms with Crippen molar-refractivity contribution >= 4 is 17.3 Å². The second-order valence-corrected chi connectivity index (χ2v) is 4.03. The lowest BCUT2D eigenvalue weighted by Gasteiger charge is -2.07. The molecule has 2 aromatic rings. The minimum absolute atomic E-state index is 0.0327. The highest BCUT2D eigenvalue weighted by molar-refractivity contribution is 6.04. The van der Waals surface area contributed by atoms with Crippen LogP contribution in [0.4, 0.5) is 20.2 Å². The molecule has 0 atom stereocenters. The number of hydrogen-bond donors (Lipinski definition) is 2. The molecule has 0 saturated heterocycles. The summed E-state index contributed by atoms with van der Waals surface area (Å²) in [6.45, 7) is 0. The van der Waals surface area contributed by atoms with Gasteiger partial charge in [-0.05, 0) is 36.4 Å². The van der Waals surface area contributed by atoms with Crippen LogP contribution in [-0.4, -0.2) is 5.91 Å². The molecule has 2 aromatic carbocycles. The largest absolute Gasteiger partial charge is 0.399 e. The van der Waals surface area contributed by atoms with Crippen LogP contribution >= 0.6 is 0 Å². The van der Waals surface area contributed by atoms with Gasteiger partial charge in [-0.1, -0.05) is 0 Å². The summed E-state index contributed by atoms with van der Waals surface area (Å²) in [5.41, 5.74) is 5.63. The number of carbonyl (C=O) groups excluding carboxylic acids is 1. The zero-order chi connectivity index (χ0) is 14.7. The number of nitrogens with zero attached hydrogens (tertiary/aromatic N) is 1. The molecule has 3 N–H and O–H groups in total. The fourth-order valence-corrected chi connectivity index (χ4v) is 1.64. The van der Waals surface area contributed by atoms with Gasteiger partial charge < -0.3 is 11.1 Å². The number of nitrogens with two attached hydrogens (primary N) is 1. The van der Waals surface area contributed by atoms with E-state index in [1.807, 2.05) is 0 Å². The first-order chi connectivity index (χ1) is 9.49. The Labute approximate surface area is 113 Å². The van der Waals surface area contributed by atoms with E-state index in [0.29, 0.717) is 0 Å². The van der Waals surface area contributed by atoms with Crippen molar-refractivity contribution in [3.8, 4) is 6.07 Å². The summed E-state index contributed by atoms with van der Waals surface area (Å²) in [6.07, 6.45) is 0. The molecular weight excluding hydrogens is 264 g/mol. The van der Waals surface area contributed by atoms with Crippen LogP contribution in [0.3, 0.4) is 0 Å². The number of hydrogen-bond acceptors (Lipinski definition) is 3. The number of nitrogen functional groups attached to an aromatic ring is 1. The summed E-state index contributed by atoms with van der Waals surface area (Å²) in [6, 6.07) is 8.64. The van der Waals surface area contributed by atoms with Crippen LogP contribution in [0.2, 0.25) is 0 Å². The average Bonchev–Trinajstić information content (AvgIpc) is 2.39. The SMILES string of the molecule is N#Cc1cc(NC(=O)c2cc(N)cc(F)c2)ccc1F. The monoisotopic (exact) mass is 273 g/mol. The minimum Gasteiger partial charge on any atom is -0.399 e. The molecule has 0 heterocycles. The van der Waals surface area contributed by atoms with E-state index in [0.717, 1.165) is 18.2 Å². The third-order valence-electron chi connectivity index (χ3n) is 2.53. The maximum absolute atomic E-state index is 13.1. The molecule has 0 bridgehead atoms. The Kier molecular flexibility index (Phi) is 3.62. The van der Waals surface area contributed by atoms with Crippen molar-refractivity contribution in [2.45, 2.75) is 0 Å². The molecule has 6 heteroatoms. The number of amides is 1. The van der Waals surface area contributed by atoms with Gasteiger partial charge in [-0.3, -0.25) is 4.79 Å². The molecule has 2 rings (SSSR count). The number of nitrogens with one attached hydrogen (secondary N) is 1. The number of rotatable bonds is 2. The van der Waals surface area contributed by atoms with Gasteiger partial charge in [0.15, 0.2) is 0 Å². The lowest BCUT2D eigenvalue weighted by atomic mass is 10.1. The Morgan fingerprint density at radius 3 is 2.60 bits per heavy atom. The van der Waals surface area contributed by atoms with Crippen molar-refractivity contribution in [2.24, 2.45) is 0 Å². The second-order valence-electron chi connectivity index (χ2n) is 4.03. The smallest absolute Gasteiger partial charge is 0.255 e. The molecule has 0 aliphatic carbocycles. The van der Waals surface area contributed by atoms with Crippen LogP contribution in [0.25, 0.3) is 0 Å². The highest BCUT2D eigenvalue weighted by atomic mass is 19.1. The summed E-state index contributed by atoms with van der Waals surface area (Å²) in [4.78, 5) is 11.9. The van der Waals surface area contributed by atoms with Crippen molar-refractivity contribution in [3.05, 3.63) is 59.2 Å². The molecule has 0 saturated carbocycles. The maximum Gasteiger partial charge on any atom is 0.255 e. The van der Waals surface area contributed by atoms with Gasteiger partial charge in [0.2, 0.25) is 0 Å². The summed E-state index contributed by atoms with van der Waals surface area (Å²) in [5.74, 6) is -1.92. The molecule has 100 valence electrons. The van der Waals surface area contributed by atoms with Gasteiger partial charge in [-0.25, -0.2) is 8.78 Å². The quantitative estimate of drug-likeness (QED) is 0.825. The van der Waals surface area contributed by atoms with Crippen molar-refractivity contribution in [1.29, 1.82) is 5.26 Å². The second kappa shape index (κ2) is 5.36. The Morgan fingerprint density at radius 1 is 1.20 bits per heavy atom. The fourth-order valence-electron chi connectivity index (χ4n) is 1.64. The summed E-state index contributed by atoms with van der Waals surface area (Å²) < 4.78 is 26.3. The minimum atomic E-state index is -0.680. The van der Waals surface area contributed by atoms with Crippen LogP contribution in [0, 0.1) is 23.0 Å². The maximum atomic E-state index is 13.1. The molecule has 0 unspecified atom stereocenters. The first-order valence-electron chi connectivity index (χ1n) is 5.56. The lowest BCUT2D eigenvalue weighted by molar-refractivity contribution is 0.102. The zero-order valence-corrected chi connectivity index (χ0v) is 10.2. The Morgan fingerprint density at radius 2 is 1.95 bits per heavy atom. The normalized spacial score (nSPS) is 9.85. The molecule has 0 radical (unpaired) electrons. The van der Waals surface area contributed by atoms with E-state index in [9.17, 15) is 13.6 Å². The average molecular weight is 273 g/mol. The number of halogens is 2. The topological polar surface area (TPSA) is 78.9 Å². The number of nitriles is 1. The molecule has 0 fully saturated rings. The van der Waals surface area contributed by atoms with Crippen LogP contribution in [0.5, 0.6) is 0 Å². The molecule has 0 spiro atoms. The third-order valence-corrected chi connectivity index (χ3v) is 2.53.